The Labute approximate surface area is 116 Å². The first-order valence-electron chi connectivity index (χ1n) is 5.41. The van der Waals surface area contributed by atoms with Crippen LogP contribution in [0.5, 0.6) is 11.6 Å². The van der Waals surface area contributed by atoms with E-state index in [4.69, 9.17) is 27.9 Å². The van der Waals surface area contributed by atoms with Gasteiger partial charge in [0.2, 0.25) is 5.88 Å². The molecule has 0 saturated heterocycles. The molecule has 1 aromatic heterocycles. The van der Waals surface area contributed by atoms with Gasteiger partial charge in [-0.15, -0.1) is 0 Å². The maximum absolute atomic E-state index is 5.90. The standard InChI is InChI=1S/C13H12Cl2N2O/c1-16-8-9-2-3-17-13(4-9)18-12-6-10(14)5-11(15)7-12/h2-7,16H,8H2,1H3. The lowest BCUT2D eigenvalue weighted by atomic mass is 10.2. The van der Waals surface area contributed by atoms with E-state index in [1.807, 2.05) is 19.2 Å². The van der Waals surface area contributed by atoms with E-state index in [0.717, 1.165) is 12.1 Å². The molecule has 0 radical (unpaired) electrons. The average Bonchev–Trinajstić information content (AvgIpc) is 2.28. The number of nitrogens with one attached hydrogen (secondary N) is 1. The predicted octanol–water partition coefficient (Wildman–Crippen LogP) is 3.90. The van der Waals surface area contributed by atoms with Crippen LogP contribution in [0.25, 0.3) is 0 Å². The van der Waals surface area contributed by atoms with Crippen LogP contribution < -0.4 is 10.1 Å². The Balaban J connectivity index is 2.20. The molecule has 0 fully saturated rings. The van der Waals surface area contributed by atoms with Gasteiger partial charge >= 0.3 is 0 Å². The number of rotatable bonds is 4. The molecule has 18 heavy (non-hydrogen) atoms. The summed E-state index contributed by atoms with van der Waals surface area (Å²) >= 11 is 11.8. The molecular formula is C13H12Cl2N2O. The minimum absolute atomic E-state index is 0.515. The van der Waals surface area contributed by atoms with Gasteiger partial charge in [0, 0.05) is 28.9 Å². The molecule has 1 N–H and O–H groups in total. The van der Waals surface area contributed by atoms with Crippen LogP contribution in [0.2, 0.25) is 10.0 Å². The number of ether oxygens (including phenoxy) is 1. The second-order valence-electron chi connectivity index (χ2n) is 3.74. The Morgan fingerprint density at radius 2 is 1.89 bits per heavy atom. The van der Waals surface area contributed by atoms with Gasteiger partial charge in [-0.05, 0) is 36.9 Å². The lowest BCUT2D eigenvalue weighted by Gasteiger charge is -2.07. The summed E-state index contributed by atoms with van der Waals surface area (Å²) in [6.07, 6.45) is 1.70. The Hall–Kier alpha value is -1.29. The smallest absolute Gasteiger partial charge is 0.219 e. The molecule has 2 aromatic rings. The molecule has 0 saturated carbocycles. The number of halogens is 2. The van der Waals surface area contributed by atoms with Crippen LogP contribution in [-0.2, 0) is 6.54 Å². The van der Waals surface area contributed by atoms with E-state index in [2.05, 4.69) is 10.3 Å². The Kier molecular flexibility index (Phi) is 4.42. The van der Waals surface area contributed by atoms with E-state index in [1.54, 1.807) is 24.4 Å². The number of pyridine rings is 1. The van der Waals surface area contributed by atoms with Crippen LogP contribution in [-0.4, -0.2) is 12.0 Å². The molecule has 0 aliphatic carbocycles. The van der Waals surface area contributed by atoms with Gasteiger partial charge in [-0.1, -0.05) is 23.2 Å². The van der Waals surface area contributed by atoms with Gasteiger partial charge < -0.3 is 10.1 Å². The minimum atomic E-state index is 0.515. The van der Waals surface area contributed by atoms with E-state index in [9.17, 15) is 0 Å². The van der Waals surface area contributed by atoms with Crippen molar-refractivity contribution in [3.63, 3.8) is 0 Å². The first kappa shape index (κ1) is 13.1. The van der Waals surface area contributed by atoms with Crippen molar-refractivity contribution >= 4 is 23.2 Å². The fourth-order valence-electron chi connectivity index (χ4n) is 1.53. The summed E-state index contributed by atoms with van der Waals surface area (Å²) in [5, 5.41) is 4.13. The fourth-order valence-corrected chi connectivity index (χ4v) is 2.03. The van der Waals surface area contributed by atoms with Crippen molar-refractivity contribution in [2.45, 2.75) is 6.54 Å². The quantitative estimate of drug-likeness (QED) is 0.924. The summed E-state index contributed by atoms with van der Waals surface area (Å²) in [5.41, 5.74) is 1.09. The second kappa shape index (κ2) is 6.05. The summed E-state index contributed by atoms with van der Waals surface area (Å²) in [4.78, 5) is 4.14. The first-order valence-corrected chi connectivity index (χ1v) is 6.16. The number of nitrogens with zero attached hydrogens (tertiary/aromatic N) is 1. The first-order chi connectivity index (χ1) is 8.67. The maximum Gasteiger partial charge on any atom is 0.219 e. The molecule has 0 spiro atoms. The van der Waals surface area contributed by atoms with E-state index < -0.39 is 0 Å². The van der Waals surface area contributed by atoms with Gasteiger partial charge in [-0.3, -0.25) is 0 Å². The van der Waals surface area contributed by atoms with Crippen LogP contribution in [0.4, 0.5) is 0 Å². The van der Waals surface area contributed by atoms with E-state index in [0.29, 0.717) is 21.7 Å². The van der Waals surface area contributed by atoms with Crippen molar-refractivity contribution in [2.24, 2.45) is 0 Å². The molecule has 0 aliphatic rings. The highest BCUT2D eigenvalue weighted by Gasteiger charge is 2.03. The van der Waals surface area contributed by atoms with E-state index >= 15 is 0 Å². The molecule has 1 heterocycles. The maximum atomic E-state index is 5.90. The fraction of sp³-hybridized carbons (Fsp3) is 0.154. The highest BCUT2D eigenvalue weighted by atomic mass is 35.5. The summed E-state index contributed by atoms with van der Waals surface area (Å²) in [5.74, 6) is 1.09. The summed E-state index contributed by atoms with van der Waals surface area (Å²) in [6, 6.07) is 8.83. The Morgan fingerprint density at radius 1 is 1.17 bits per heavy atom. The van der Waals surface area contributed by atoms with Crippen LogP contribution in [0.15, 0.2) is 36.5 Å². The zero-order valence-electron chi connectivity index (χ0n) is 9.78. The van der Waals surface area contributed by atoms with Gasteiger partial charge in [0.05, 0.1) is 0 Å². The number of hydrogen-bond donors (Lipinski definition) is 1. The highest BCUT2D eigenvalue weighted by Crippen LogP contribution is 2.27. The van der Waals surface area contributed by atoms with E-state index in [-0.39, 0.29) is 0 Å². The zero-order valence-corrected chi connectivity index (χ0v) is 11.3. The second-order valence-corrected chi connectivity index (χ2v) is 4.61. The third-order valence-electron chi connectivity index (χ3n) is 2.24. The number of benzene rings is 1. The third-order valence-corrected chi connectivity index (χ3v) is 2.68. The van der Waals surface area contributed by atoms with Crippen LogP contribution in [0.3, 0.4) is 0 Å². The molecule has 94 valence electrons. The topological polar surface area (TPSA) is 34.2 Å². The lowest BCUT2D eigenvalue weighted by molar-refractivity contribution is 0.462. The Bertz CT molecular complexity index is 526. The predicted molar refractivity (Wildman–Crippen MR) is 73.5 cm³/mol. The molecule has 0 amide bonds. The molecule has 1 aromatic carbocycles. The molecule has 0 bridgehead atoms. The molecule has 5 heteroatoms. The largest absolute Gasteiger partial charge is 0.439 e. The van der Waals surface area contributed by atoms with Gasteiger partial charge in [0.25, 0.3) is 0 Å². The molecule has 0 unspecified atom stereocenters. The summed E-state index contributed by atoms with van der Waals surface area (Å²) in [7, 11) is 1.89. The average molecular weight is 283 g/mol. The van der Waals surface area contributed by atoms with Crippen LogP contribution >= 0.6 is 23.2 Å². The molecule has 3 nitrogen and oxygen atoms in total. The SMILES string of the molecule is CNCc1ccnc(Oc2cc(Cl)cc(Cl)c2)c1. The van der Waals surface area contributed by atoms with Crippen molar-refractivity contribution in [3.05, 3.63) is 52.1 Å². The number of hydrogen-bond acceptors (Lipinski definition) is 3. The van der Waals surface area contributed by atoms with Crippen molar-refractivity contribution in [1.82, 2.24) is 10.3 Å². The van der Waals surface area contributed by atoms with Crippen molar-refractivity contribution < 1.29 is 4.74 Å². The molecular weight excluding hydrogens is 271 g/mol. The molecule has 0 aliphatic heterocycles. The van der Waals surface area contributed by atoms with Crippen molar-refractivity contribution in [2.75, 3.05) is 7.05 Å². The number of aromatic nitrogens is 1. The monoisotopic (exact) mass is 282 g/mol. The third kappa shape index (κ3) is 3.60. The minimum Gasteiger partial charge on any atom is -0.439 e. The van der Waals surface area contributed by atoms with Gasteiger partial charge in [-0.25, -0.2) is 4.98 Å². The normalized spacial score (nSPS) is 10.4. The van der Waals surface area contributed by atoms with Crippen molar-refractivity contribution in [1.29, 1.82) is 0 Å². The summed E-state index contributed by atoms with van der Waals surface area (Å²) < 4.78 is 5.62. The van der Waals surface area contributed by atoms with E-state index in [1.165, 1.54) is 0 Å². The van der Waals surface area contributed by atoms with Crippen molar-refractivity contribution in [3.8, 4) is 11.6 Å². The molecule has 0 atom stereocenters. The van der Waals surface area contributed by atoms with Crippen LogP contribution in [0.1, 0.15) is 5.56 Å². The van der Waals surface area contributed by atoms with Gasteiger partial charge in [-0.2, -0.15) is 0 Å². The highest BCUT2D eigenvalue weighted by molar-refractivity contribution is 6.34. The Morgan fingerprint density at radius 3 is 2.56 bits per heavy atom. The van der Waals surface area contributed by atoms with Crippen LogP contribution in [0, 0.1) is 0 Å². The van der Waals surface area contributed by atoms with Gasteiger partial charge in [0.1, 0.15) is 5.75 Å². The summed E-state index contributed by atoms with van der Waals surface area (Å²) in [6.45, 7) is 0.759. The van der Waals surface area contributed by atoms with Gasteiger partial charge in [0.15, 0.2) is 0 Å². The lowest BCUT2D eigenvalue weighted by Crippen LogP contribution is -2.05. The molecule has 2 rings (SSSR count). The zero-order chi connectivity index (χ0) is 13.0.